The van der Waals surface area contributed by atoms with E-state index >= 15 is 0 Å². The lowest BCUT2D eigenvalue weighted by Gasteiger charge is -2.36. The highest BCUT2D eigenvalue weighted by Gasteiger charge is 2.60. The fraction of sp³-hybridized carbons (Fsp3) is 0.412. The number of methoxy groups -OCH3 is 2. The lowest BCUT2D eigenvalue weighted by atomic mass is 9.75. The standard InChI is InChI=1S/C17H14ClF3O8S/c1-7-4-8(22)5-11(27-3)16(7)15(23)12-9(26-2)6-10(13(18)14(12)28-16)29-30(24,25)17(19,20)21/h5-7H,4H2,1-3H3/t7-,16+/m1/s1. The third-order valence-corrected chi connectivity index (χ3v) is 6.08. The van der Waals surface area contributed by atoms with Gasteiger partial charge in [0.1, 0.15) is 16.3 Å². The molecule has 2 atom stereocenters. The molecule has 2 aliphatic rings. The number of ketones is 2. The van der Waals surface area contributed by atoms with E-state index in [9.17, 15) is 31.2 Å². The van der Waals surface area contributed by atoms with Gasteiger partial charge in [0.05, 0.1) is 14.2 Å². The van der Waals surface area contributed by atoms with Crippen LogP contribution in [-0.2, 0) is 19.6 Å². The second-order valence-corrected chi connectivity index (χ2v) is 8.45. The molecule has 30 heavy (non-hydrogen) atoms. The Morgan fingerprint density at radius 2 is 1.83 bits per heavy atom. The Labute approximate surface area is 173 Å². The molecule has 0 amide bonds. The Bertz CT molecular complexity index is 1080. The smallest absolute Gasteiger partial charge is 0.496 e. The summed E-state index contributed by atoms with van der Waals surface area (Å²) in [5.41, 5.74) is -7.79. The molecule has 1 spiro atoms. The van der Waals surface area contributed by atoms with Crippen LogP contribution in [0.5, 0.6) is 17.2 Å². The number of hydrogen-bond donors (Lipinski definition) is 0. The number of allylic oxidation sites excluding steroid dienone is 1. The molecule has 3 rings (SSSR count). The minimum absolute atomic E-state index is 0.0850. The normalized spacial score (nSPS) is 23.7. The van der Waals surface area contributed by atoms with Crippen molar-refractivity contribution in [2.45, 2.75) is 24.5 Å². The Kier molecular flexibility index (Phi) is 5.22. The van der Waals surface area contributed by atoms with E-state index in [0.29, 0.717) is 0 Å². The lowest BCUT2D eigenvalue weighted by Crippen LogP contribution is -2.51. The first kappa shape index (κ1) is 22.2. The van der Waals surface area contributed by atoms with Crippen molar-refractivity contribution in [2.75, 3.05) is 14.2 Å². The van der Waals surface area contributed by atoms with Crippen LogP contribution in [0.1, 0.15) is 23.7 Å². The maximum atomic E-state index is 13.3. The summed E-state index contributed by atoms with van der Waals surface area (Å²) in [7, 11) is -3.75. The number of ether oxygens (including phenoxy) is 3. The number of benzene rings is 1. The van der Waals surface area contributed by atoms with Crippen molar-refractivity contribution < 1.29 is 49.6 Å². The first-order chi connectivity index (χ1) is 13.8. The molecular weight excluding hydrogens is 457 g/mol. The minimum Gasteiger partial charge on any atom is -0.496 e. The zero-order valence-electron chi connectivity index (χ0n) is 15.6. The summed E-state index contributed by atoms with van der Waals surface area (Å²) in [6, 6.07) is 0.736. The van der Waals surface area contributed by atoms with Crippen LogP contribution in [-0.4, -0.2) is 45.3 Å². The second kappa shape index (κ2) is 7.05. The van der Waals surface area contributed by atoms with E-state index in [4.69, 9.17) is 25.8 Å². The molecule has 13 heteroatoms. The molecule has 1 aromatic carbocycles. The van der Waals surface area contributed by atoms with Crippen molar-refractivity contribution in [1.82, 2.24) is 0 Å². The number of rotatable bonds is 4. The molecule has 0 saturated heterocycles. The topological polar surface area (TPSA) is 105 Å². The highest BCUT2D eigenvalue weighted by atomic mass is 35.5. The quantitative estimate of drug-likeness (QED) is 0.488. The lowest BCUT2D eigenvalue weighted by molar-refractivity contribution is -0.118. The van der Waals surface area contributed by atoms with Crippen molar-refractivity contribution >= 4 is 33.3 Å². The van der Waals surface area contributed by atoms with Crippen LogP contribution >= 0.6 is 11.6 Å². The highest BCUT2D eigenvalue weighted by Crippen LogP contribution is 2.54. The maximum Gasteiger partial charge on any atom is 0.534 e. The van der Waals surface area contributed by atoms with Crippen molar-refractivity contribution in [3.63, 3.8) is 0 Å². The van der Waals surface area contributed by atoms with E-state index < -0.39 is 49.5 Å². The molecule has 0 bridgehead atoms. The fourth-order valence-electron chi connectivity index (χ4n) is 3.38. The van der Waals surface area contributed by atoms with E-state index in [1.54, 1.807) is 6.92 Å². The summed E-state index contributed by atoms with van der Waals surface area (Å²) in [6.45, 7) is 1.54. The van der Waals surface area contributed by atoms with Gasteiger partial charge in [0.25, 0.3) is 0 Å². The number of hydrogen-bond acceptors (Lipinski definition) is 8. The van der Waals surface area contributed by atoms with Gasteiger partial charge in [-0.05, 0) is 0 Å². The summed E-state index contributed by atoms with van der Waals surface area (Å²) in [5.74, 6) is -3.63. The summed E-state index contributed by atoms with van der Waals surface area (Å²) in [5, 5.41) is -0.691. The van der Waals surface area contributed by atoms with E-state index in [0.717, 1.165) is 19.3 Å². The van der Waals surface area contributed by atoms with Crippen molar-refractivity contribution in [1.29, 1.82) is 0 Å². The molecular formula is C17H14ClF3O8S. The van der Waals surface area contributed by atoms with Gasteiger partial charge in [-0.2, -0.15) is 21.6 Å². The number of alkyl halides is 3. The SMILES string of the molecule is COC1=CC(=O)C[C@@H](C)[C@]12Oc1c(Cl)c(OS(=O)(=O)C(F)(F)F)cc(OC)c1C2=O. The van der Waals surface area contributed by atoms with E-state index in [-0.39, 0.29) is 29.3 Å². The largest absolute Gasteiger partial charge is 0.534 e. The molecule has 1 aromatic rings. The van der Waals surface area contributed by atoms with Crippen molar-refractivity contribution in [2.24, 2.45) is 5.92 Å². The second-order valence-electron chi connectivity index (χ2n) is 6.53. The first-order valence-electron chi connectivity index (χ1n) is 8.24. The van der Waals surface area contributed by atoms with Gasteiger partial charge in [0.2, 0.25) is 11.4 Å². The van der Waals surface area contributed by atoms with Gasteiger partial charge in [0, 0.05) is 24.5 Å². The number of halogens is 4. The van der Waals surface area contributed by atoms with Crippen LogP contribution < -0.4 is 13.7 Å². The van der Waals surface area contributed by atoms with Gasteiger partial charge in [0.15, 0.2) is 23.0 Å². The maximum absolute atomic E-state index is 13.3. The Hall–Kier alpha value is -2.47. The van der Waals surface area contributed by atoms with Gasteiger partial charge in [-0.25, -0.2) is 0 Å². The molecule has 1 heterocycles. The summed E-state index contributed by atoms with van der Waals surface area (Å²) in [6.07, 6.45) is 0.994. The Morgan fingerprint density at radius 3 is 2.37 bits per heavy atom. The predicted octanol–water partition coefficient (Wildman–Crippen LogP) is 3.03. The van der Waals surface area contributed by atoms with Gasteiger partial charge in [-0.1, -0.05) is 18.5 Å². The van der Waals surface area contributed by atoms with E-state index in [2.05, 4.69) is 4.18 Å². The summed E-state index contributed by atoms with van der Waals surface area (Å²) < 4.78 is 81.0. The van der Waals surface area contributed by atoms with Gasteiger partial charge in [-0.15, -0.1) is 0 Å². The predicted molar refractivity (Wildman–Crippen MR) is 95.2 cm³/mol. The Morgan fingerprint density at radius 1 is 1.20 bits per heavy atom. The molecule has 8 nitrogen and oxygen atoms in total. The average Bonchev–Trinajstić information content (AvgIpc) is 2.94. The van der Waals surface area contributed by atoms with Gasteiger partial charge < -0.3 is 18.4 Å². The monoisotopic (exact) mass is 470 g/mol. The number of carbonyl (C=O) groups is 2. The minimum atomic E-state index is -6.06. The van der Waals surface area contributed by atoms with Crippen LogP contribution in [0.15, 0.2) is 17.9 Å². The van der Waals surface area contributed by atoms with Gasteiger partial charge >= 0.3 is 15.6 Å². The average molecular weight is 471 g/mol. The van der Waals surface area contributed by atoms with E-state index in [1.807, 2.05) is 0 Å². The number of carbonyl (C=O) groups excluding carboxylic acids is 2. The molecule has 0 unspecified atom stereocenters. The van der Waals surface area contributed by atoms with Crippen LogP contribution in [0.3, 0.4) is 0 Å². The molecule has 0 radical (unpaired) electrons. The zero-order valence-corrected chi connectivity index (χ0v) is 17.2. The third kappa shape index (κ3) is 3.09. The van der Waals surface area contributed by atoms with Crippen molar-refractivity contribution in [3.8, 4) is 17.2 Å². The summed E-state index contributed by atoms with van der Waals surface area (Å²) in [4.78, 5) is 25.2. The molecule has 1 aliphatic carbocycles. The highest BCUT2D eigenvalue weighted by molar-refractivity contribution is 7.88. The van der Waals surface area contributed by atoms with Crippen LogP contribution in [0.2, 0.25) is 5.02 Å². The molecule has 0 fully saturated rings. The van der Waals surface area contributed by atoms with E-state index in [1.165, 1.54) is 7.11 Å². The first-order valence-corrected chi connectivity index (χ1v) is 10.0. The molecule has 164 valence electrons. The zero-order chi connectivity index (χ0) is 22.6. The van der Waals surface area contributed by atoms with Crippen LogP contribution in [0.4, 0.5) is 13.2 Å². The molecule has 0 saturated carbocycles. The van der Waals surface area contributed by atoms with Gasteiger partial charge in [-0.3, -0.25) is 9.59 Å². The van der Waals surface area contributed by atoms with Crippen molar-refractivity contribution in [3.05, 3.63) is 28.5 Å². The molecule has 1 aliphatic heterocycles. The Balaban J connectivity index is 2.20. The molecule has 0 aromatic heterocycles. The number of fused-ring (bicyclic) bond motifs is 1. The third-order valence-electron chi connectivity index (χ3n) is 4.76. The van der Waals surface area contributed by atoms with Crippen LogP contribution in [0.25, 0.3) is 0 Å². The fourth-order valence-corrected chi connectivity index (χ4v) is 4.11. The summed E-state index contributed by atoms with van der Waals surface area (Å²) >= 11 is 6.06. The van der Waals surface area contributed by atoms with Crippen LogP contribution in [0, 0.1) is 5.92 Å². The molecule has 0 N–H and O–H groups in total. The number of Topliss-reactive ketones (excluding diaryl/α,β-unsaturated/α-hetero) is 1.